The summed E-state index contributed by atoms with van der Waals surface area (Å²) in [4.78, 5) is 6.84. The van der Waals surface area contributed by atoms with E-state index >= 15 is 0 Å². The third-order valence-electron chi connectivity index (χ3n) is 5.81. The number of rotatable bonds is 6. The van der Waals surface area contributed by atoms with E-state index in [2.05, 4.69) is 24.9 Å². The van der Waals surface area contributed by atoms with E-state index in [9.17, 15) is 8.42 Å². The predicted molar refractivity (Wildman–Crippen MR) is 117 cm³/mol. The van der Waals surface area contributed by atoms with E-state index in [1.54, 1.807) is 24.4 Å². The summed E-state index contributed by atoms with van der Waals surface area (Å²) in [7, 11) is -3.65. The van der Waals surface area contributed by atoms with Gasteiger partial charge in [-0.3, -0.25) is 9.88 Å². The quantitative estimate of drug-likeness (QED) is 0.495. The smallest absolute Gasteiger partial charge is 0.242 e. The van der Waals surface area contributed by atoms with Gasteiger partial charge in [0.1, 0.15) is 15.9 Å². The van der Waals surface area contributed by atoms with Gasteiger partial charge in [-0.2, -0.15) is 0 Å². The zero-order valence-corrected chi connectivity index (χ0v) is 17.8. The minimum absolute atomic E-state index is 0.225. The number of hydrogen-bond donors (Lipinski definition) is 1. The van der Waals surface area contributed by atoms with Crippen molar-refractivity contribution in [1.29, 1.82) is 0 Å². The topological polar surface area (TPSA) is 101 Å². The van der Waals surface area contributed by atoms with Crippen LogP contribution >= 0.6 is 0 Å². The van der Waals surface area contributed by atoms with E-state index < -0.39 is 10.0 Å². The first kappa shape index (κ1) is 20.0. The number of likely N-dealkylation sites (tertiary alicyclic amines) is 1. The van der Waals surface area contributed by atoms with E-state index in [0.29, 0.717) is 12.1 Å². The lowest BCUT2D eigenvalue weighted by atomic mass is 9.98. The minimum Gasteiger partial charge on any atom is -0.299 e. The summed E-state index contributed by atoms with van der Waals surface area (Å²) in [5, 5.41) is 8.74. The van der Waals surface area contributed by atoms with Crippen LogP contribution in [0.1, 0.15) is 18.4 Å². The van der Waals surface area contributed by atoms with Crippen molar-refractivity contribution in [3.63, 3.8) is 0 Å². The van der Waals surface area contributed by atoms with Crippen molar-refractivity contribution in [2.75, 3.05) is 19.6 Å². The Bertz CT molecular complexity index is 1320. The number of nitrogens with one attached hydrogen (secondary N) is 1. The molecule has 5 rings (SSSR count). The number of nitrogens with zero attached hydrogens (tertiary/aromatic N) is 4. The molecule has 0 amide bonds. The number of aromatic nitrogens is 3. The molecule has 1 fully saturated rings. The number of benzene rings is 2. The number of piperidine rings is 1. The minimum atomic E-state index is -3.65. The fourth-order valence-electron chi connectivity index (χ4n) is 4.29. The average molecular weight is 438 g/mol. The number of sulfonamides is 1. The lowest BCUT2D eigenvalue weighted by molar-refractivity contribution is 0.169. The highest BCUT2D eigenvalue weighted by Gasteiger charge is 2.24. The zero-order chi connectivity index (χ0) is 21.3. The molecule has 3 heterocycles. The number of pyridine rings is 1. The number of fused-ring (bicyclic) bond motifs is 2. The van der Waals surface area contributed by atoms with Crippen LogP contribution in [0.5, 0.6) is 0 Å². The van der Waals surface area contributed by atoms with Crippen LogP contribution < -0.4 is 4.72 Å². The Hall–Kier alpha value is -2.88. The predicted octanol–water partition coefficient (Wildman–Crippen LogP) is 2.96. The van der Waals surface area contributed by atoms with Crippen molar-refractivity contribution in [2.45, 2.75) is 24.3 Å². The molecule has 0 bridgehead atoms. The van der Waals surface area contributed by atoms with Gasteiger partial charge in [0, 0.05) is 31.2 Å². The maximum atomic E-state index is 13.0. The molecular formula is C22H23N5O3S. The molecule has 2 aromatic carbocycles. The van der Waals surface area contributed by atoms with Gasteiger partial charge in [0.25, 0.3) is 0 Å². The van der Waals surface area contributed by atoms with Crippen LogP contribution in [0.3, 0.4) is 0 Å². The van der Waals surface area contributed by atoms with E-state index in [4.69, 9.17) is 4.63 Å². The standard InChI is InChI=1S/C22H23N5O3S/c28-31(29,20-10-2-6-17-8-3-11-23-22(17)20)24-13-16-5-4-12-27(14-16)15-18-7-1-9-19-21(18)26-30-25-19/h1-3,6-11,16,24H,4-5,12-15H2. The van der Waals surface area contributed by atoms with Crippen molar-refractivity contribution in [3.05, 3.63) is 60.3 Å². The molecule has 1 atom stereocenters. The van der Waals surface area contributed by atoms with Crippen LogP contribution in [-0.4, -0.2) is 48.2 Å². The second kappa shape index (κ2) is 8.33. The molecule has 0 spiro atoms. The Kier molecular flexibility index (Phi) is 5.39. The summed E-state index contributed by atoms with van der Waals surface area (Å²) in [6.07, 6.45) is 3.63. The largest absolute Gasteiger partial charge is 0.299 e. The zero-order valence-electron chi connectivity index (χ0n) is 16.9. The number of hydrogen-bond acceptors (Lipinski definition) is 7. The Morgan fingerprint density at radius 1 is 1.06 bits per heavy atom. The van der Waals surface area contributed by atoms with Crippen molar-refractivity contribution in [3.8, 4) is 0 Å². The van der Waals surface area contributed by atoms with Crippen molar-refractivity contribution >= 4 is 32.0 Å². The van der Waals surface area contributed by atoms with Gasteiger partial charge in [0.05, 0.1) is 5.52 Å². The summed E-state index contributed by atoms with van der Waals surface area (Å²) in [6, 6.07) is 14.8. The molecule has 160 valence electrons. The first-order valence-corrected chi connectivity index (χ1v) is 11.8. The SMILES string of the molecule is O=S(=O)(NCC1CCCN(Cc2cccc3nonc23)C1)c1cccc2cccnc12. The maximum Gasteiger partial charge on any atom is 0.242 e. The monoisotopic (exact) mass is 437 g/mol. The van der Waals surface area contributed by atoms with Gasteiger partial charge in [-0.05, 0) is 59.4 Å². The fourth-order valence-corrected chi connectivity index (χ4v) is 5.58. The Morgan fingerprint density at radius 3 is 2.87 bits per heavy atom. The first-order valence-electron chi connectivity index (χ1n) is 10.4. The van der Waals surface area contributed by atoms with Gasteiger partial charge in [-0.15, -0.1) is 0 Å². The van der Waals surface area contributed by atoms with Crippen LogP contribution in [0.4, 0.5) is 0 Å². The highest BCUT2D eigenvalue weighted by atomic mass is 32.2. The highest BCUT2D eigenvalue weighted by molar-refractivity contribution is 7.89. The maximum absolute atomic E-state index is 13.0. The van der Waals surface area contributed by atoms with Crippen LogP contribution in [-0.2, 0) is 16.6 Å². The third-order valence-corrected chi connectivity index (χ3v) is 7.27. The van der Waals surface area contributed by atoms with E-state index in [-0.39, 0.29) is 10.8 Å². The molecule has 8 nitrogen and oxygen atoms in total. The summed E-state index contributed by atoms with van der Waals surface area (Å²) in [6.45, 7) is 2.93. The molecule has 0 saturated carbocycles. The van der Waals surface area contributed by atoms with Gasteiger partial charge < -0.3 is 0 Å². The molecule has 1 saturated heterocycles. The van der Waals surface area contributed by atoms with Gasteiger partial charge in [-0.25, -0.2) is 17.8 Å². The van der Waals surface area contributed by atoms with Gasteiger partial charge in [0.15, 0.2) is 0 Å². The lowest BCUT2D eigenvalue weighted by Gasteiger charge is -2.32. The number of para-hydroxylation sites is 1. The second-order valence-electron chi connectivity index (χ2n) is 7.98. The Balaban J connectivity index is 1.26. The Labute approximate surface area is 180 Å². The molecule has 1 aliphatic heterocycles. The van der Waals surface area contributed by atoms with Crippen LogP contribution in [0.2, 0.25) is 0 Å². The normalized spacial score (nSPS) is 18.0. The molecule has 2 aromatic heterocycles. The molecule has 1 N–H and O–H groups in total. The van der Waals surface area contributed by atoms with Crippen LogP contribution in [0.25, 0.3) is 21.9 Å². The van der Waals surface area contributed by atoms with E-state index in [1.807, 2.05) is 30.3 Å². The molecule has 4 aromatic rings. The summed E-state index contributed by atoms with van der Waals surface area (Å²) in [5.74, 6) is 0.237. The van der Waals surface area contributed by atoms with Gasteiger partial charge in [-0.1, -0.05) is 30.3 Å². The summed E-state index contributed by atoms with van der Waals surface area (Å²) in [5.41, 5.74) is 3.11. The fraction of sp³-hybridized carbons (Fsp3) is 0.318. The van der Waals surface area contributed by atoms with Crippen molar-refractivity contribution < 1.29 is 13.0 Å². The molecule has 9 heteroatoms. The van der Waals surface area contributed by atoms with Gasteiger partial charge >= 0.3 is 0 Å². The second-order valence-corrected chi connectivity index (χ2v) is 9.71. The molecule has 1 unspecified atom stereocenters. The van der Waals surface area contributed by atoms with Crippen molar-refractivity contribution in [2.24, 2.45) is 5.92 Å². The summed E-state index contributed by atoms with van der Waals surface area (Å²) >= 11 is 0. The summed E-state index contributed by atoms with van der Waals surface area (Å²) < 4.78 is 33.7. The molecule has 1 aliphatic rings. The first-order chi connectivity index (χ1) is 15.1. The molecular weight excluding hydrogens is 414 g/mol. The molecule has 31 heavy (non-hydrogen) atoms. The molecule has 0 aliphatic carbocycles. The average Bonchev–Trinajstić information content (AvgIpc) is 3.28. The highest BCUT2D eigenvalue weighted by Crippen LogP contribution is 2.23. The van der Waals surface area contributed by atoms with Crippen LogP contribution in [0.15, 0.2) is 64.3 Å². The van der Waals surface area contributed by atoms with E-state index in [1.165, 1.54) is 0 Å². The third kappa shape index (κ3) is 4.16. The van der Waals surface area contributed by atoms with Crippen LogP contribution in [0, 0.1) is 5.92 Å². The van der Waals surface area contributed by atoms with E-state index in [0.717, 1.165) is 54.5 Å². The van der Waals surface area contributed by atoms with Crippen molar-refractivity contribution in [1.82, 2.24) is 24.9 Å². The molecule has 0 radical (unpaired) electrons. The lowest BCUT2D eigenvalue weighted by Crippen LogP contribution is -2.40. The Morgan fingerprint density at radius 2 is 1.94 bits per heavy atom. The van der Waals surface area contributed by atoms with Gasteiger partial charge in [0.2, 0.25) is 10.0 Å².